The Morgan fingerprint density at radius 3 is 1.85 bits per heavy atom. The van der Waals surface area contributed by atoms with Gasteiger partial charge in [-0.15, -0.1) is 12.4 Å². The van der Waals surface area contributed by atoms with Crippen molar-refractivity contribution in [2.45, 2.75) is 12.8 Å². The highest BCUT2D eigenvalue weighted by atomic mass is 35.5. The third kappa shape index (κ3) is 5.16. The molecular formula is C17H21Cl2N. The first-order chi connectivity index (χ1) is 9.15. The zero-order valence-corrected chi connectivity index (χ0v) is 13.5. The van der Waals surface area contributed by atoms with Crippen molar-refractivity contribution in [3.63, 3.8) is 0 Å². The summed E-state index contributed by atoms with van der Waals surface area (Å²) in [5, 5.41) is 0.782. The van der Waals surface area contributed by atoms with Gasteiger partial charge in [0.15, 0.2) is 0 Å². The van der Waals surface area contributed by atoms with Crippen molar-refractivity contribution in [3.8, 4) is 11.1 Å². The van der Waals surface area contributed by atoms with E-state index in [0.29, 0.717) is 0 Å². The molecule has 0 saturated heterocycles. The molecule has 0 aliphatic heterocycles. The molecule has 0 aliphatic rings. The van der Waals surface area contributed by atoms with Crippen LogP contribution in [-0.4, -0.2) is 25.5 Å². The molecule has 0 fully saturated rings. The lowest BCUT2D eigenvalue weighted by atomic mass is 10.0. The van der Waals surface area contributed by atoms with Gasteiger partial charge in [0.25, 0.3) is 0 Å². The molecule has 0 heterocycles. The van der Waals surface area contributed by atoms with E-state index in [4.69, 9.17) is 11.6 Å². The standard InChI is InChI=1S/C17H20ClN.ClH/c1-19(2)13-3-4-14-5-7-15(8-6-14)16-9-11-17(18)12-10-16;/h5-12H,3-4,13H2,1-2H3;1H. The molecule has 0 bridgehead atoms. The average molecular weight is 310 g/mol. The van der Waals surface area contributed by atoms with Gasteiger partial charge in [-0.25, -0.2) is 0 Å². The molecule has 0 amide bonds. The van der Waals surface area contributed by atoms with Gasteiger partial charge in [-0.2, -0.15) is 0 Å². The van der Waals surface area contributed by atoms with Crippen LogP contribution in [0.25, 0.3) is 11.1 Å². The Hall–Kier alpha value is -1.02. The lowest BCUT2D eigenvalue weighted by molar-refractivity contribution is 0.400. The molecule has 0 spiro atoms. The van der Waals surface area contributed by atoms with Gasteiger partial charge in [-0.3, -0.25) is 0 Å². The van der Waals surface area contributed by atoms with Gasteiger partial charge in [0.2, 0.25) is 0 Å². The number of nitrogens with zero attached hydrogens (tertiary/aromatic N) is 1. The van der Waals surface area contributed by atoms with Crippen molar-refractivity contribution in [1.82, 2.24) is 4.90 Å². The quantitative estimate of drug-likeness (QED) is 0.757. The van der Waals surface area contributed by atoms with E-state index in [9.17, 15) is 0 Å². The highest BCUT2D eigenvalue weighted by Crippen LogP contribution is 2.22. The fourth-order valence-corrected chi connectivity index (χ4v) is 2.23. The van der Waals surface area contributed by atoms with E-state index in [1.54, 1.807) is 0 Å². The van der Waals surface area contributed by atoms with Gasteiger partial charge in [0.1, 0.15) is 0 Å². The predicted molar refractivity (Wildman–Crippen MR) is 91.0 cm³/mol. The fourth-order valence-electron chi connectivity index (χ4n) is 2.11. The molecule has 3 heteroatoms. The monoisotopic (exact) mass is 309 g/mol. The van der Waals surface area contributed by atoms with Crippen LogP contribution >= 0.6 is 24.0 Å². The van der Waals surface area contributed by atoms with Crippen LogP contribution in [0.1, 0.15) is 12.0 Å². The number of rotatable bonds is 5. The third-order valence-electron chi connectivity index (χ3n) is 3.20. The van der Waals surface area contributed by atoms with Crippen LogP contribution in [0.5, 0.6) is 0 Å². The highest BCUT2D eigenvalue weighted by molar-refractivity contribution is 6.30. The van der Waals surface area contributed by atoms with Crippen LogP contribution in [0.15, 0.2) is 48.5 Å². The number of halogens is 2. The van der Waals surface area contributed by atoms with E-state index < -0.39 is 0 Å². The Balaban J connectivity index is 0.00000200. The molecule has 1 nitrogen and oxygen atoms in total. The topological polar surface area (TPSA) is 3.24 Å². The SMILES string of the molecule is CN(C)CCCc1ccc(-c2ccc(Cl)cc2)cc1.Cl. The lowest BCUT2D eigenvalue weighted by Crippen LogP contribution is -2.13. The van der Waals surface area contributed by atoms with Gasteiger partial charge in [-0.1, -0.05) is 48.0 Å². The van der Waals surface area contributed by atoms with Crippen LogP contribution in [0.4, 0.5) is 0 Å². The maximum atomic E-state index is 5.90. The van der Waals surface area contributed by atoms with Gasteiger partial charge in [0, 0.05) is 5.02 Å². The molecule has 2 aromatic carbocycles. The first-order valence-electron chi connectivity index (χ1n) is 6.65. The minimum atomic E-state index is 0. The summed E-state index contributed by atoms with van der Waals surface area (Å²) in [4.78, 5) is 2.22. The number of hydrogen-bond acceptors (Lipinski definition) is 1. The Bertz CT molecular complexity index is 504. The number of aryl methyl sites for hydroxylation is 1. The van der Waals surface area contributed by atoms with E-state index in [2.05, 4.69) is 55.4 Å². The van der Waals surface area contributed by atoms with E-state index in [1.165, 1.54) is 23.1 Å². The normalized spacial score (nSPS) is 10.4. The van der Waals surface area contributed by atoms with Crippen molar-refractivity contribution in [1.29, 1.82) is 0 Å². The summed E-state index contributed by atoms with van der Waals surface area (Å²) in [7, 11) is 4.23. The van der Waals surface area contributed by atoms with Crippen LogP contribution in [0.3, 0.4) is 0 Å². The summed E-state index contributed by atoms with van der Waals surface area (Å²) in [6.07, 6.45) is 2.34. The largest absolute Gasteiger partial charge is 0.309 e. The van der Waals surface area contributed by atoms with Crippen molar-refractivity contribution in [2.24, 2.45) is 0 Å². The molecule has 20 heavy (non-hydrogen) atoms. The maximum Gasteiger partial charge on any atom is 0.0406 e. The van der Waals surface area contributed by atoms with Gasteiger partial charge >= 0.3 is 0 Å². The highest BCUT2D eigenvalue weighted by Gasteiger charge is 1.99. The van der Waals surface area contributed by atoms with Crippen LogP contribution in [0, 0.1) is 0 Å². The van der Waals surface area contributed by atoms with Crippen LogP contribution in [-0.2, 0) is 6.42 Å². The molecule has 0 saturated carbocycles. The van der Waals surface area contributed by atoms with E-state index >= 15 is 0 Å². The zero-order valence-electron chi connectivity index (χ0n) is 12.0. The Morgan fingerprint density at radius 1 is 0.850 bits per heavy atom. The lowest BCUT2D eigenvalue weighted by Gasteiger charge is -2.09. The second-order valence-corrected chi connectivity index (χ2v) is 5.55. The molecule has 2 aromatic rings. The Kier molecular flexibility index (Phi) is 7.08. The van der Waals surface area contributed by atoms with Crippen molar-refractivity contribution in [2.75, 3.05) is 20.6 Å². The minimum absolute atomic E-state index is 0. The molecule has 0 radical (unpaired) electrons. The first-order valence-corrected chi connectivity index (χ1v) is 7.02. The molecule has 0 atom stereocenters. The second kappa shape index (κ2) is 8.31. The summed E-state index contributed by atoms with van der Waals surface area (Å²) in [5.74, 6) is 0. The molecular weight excluding hydrogens is 289 g/mol. The van der Waals surface area contributed by atoms with Crippen LogP contribution in [0.2, 0.25) is 5.02 Å². The summed E-state index contributed by atoms with van der Waals surface area (Å²) in [6.45, 7) is 1.14. The second-order valence-electron chi connectivity index (χ2n) is 5.11. The van der Waals surface area contributed by atoms with E-state index in [-0.39, 0.29) is 12.4 Å². The number of hydrogen-bond donors (Lipinski definition) is 0. The van der Waals surface area contributed by atoms with Gasteiger partial charge in [-0.05, 0) is 62.3 Å². The van der Waals surface area contributed by atoms with Crippen molar-refractivity contribution >= 4 is 24.0 Å². The third-order valence-corrected chi connectivity index (χ3v) is 3.45. The van der Waals surface area contributed by atoms with Crippen LogP contribution < -0.4 is 0 Å². The smallest absolute Gasteiger partial charge is 0.0406 e. The van der Waals surface area contributed by atoms with Crippen molar-refractivity contribution < 1.29 is 0 Å². The van der Waals surface area contributed by atoms with Gasteiger partial charge in [0.05, 0.1) is 0 Å². The molecule has 0 unspecified atom stereocenters. The maximum absolute atomic E-state index is 5.90. The molecule has 108 valence electrons. The molecule has 0 aliphatic carbocycles. The average Bonchev–Trinajstić information content (AvgIpc) is 2.40. The first kappa shape index (κ1) is 17.0. The van der Waals surface area contributed by atoms with Gasteiger partial charge < -0.3 is 4.90 Å². The number of benzene rings is 2. The van der Waals surface area contributed by atoms with E-state index in [0.717, 1.165) is 18.0 Å². The van der Waals surface area contributed by atoms with E-state index in [1.807, 2.05) is 12.1 Å². The minimum Gasteiger partial charge on any atom is -0.309 e. The fraction of sp³-hybridized carbons (Fsp3) is 0.294. The summed E-state index contributed by atoms with van der Waals surface area (Å²) in [6, 6.07) is 16.8. The summed E-state index contributed by atoms with van der Waals surface area (Å²) in [5.41, 5.74) is 3.86. The van der Waals surface area contributed by atoms with Crippen molar-refractivity contribution in [3.05, 3.63) is 59.1 Å². The molecule has 0 N–H and O–H groups in total. The Labute approximate surface area is 133 Å². The summed E-state index contributed by atoms with van der Waals surface area (Å²) >= 11 is 5.90. The summed E-state index contributed by atoms with van der Waals surface area (Å²) < 4.78 is 0. The molecule has 2 rings (SSSR count). The molecule has 0 aromatic heterocycles. The Morgan fingerprint density at radius 2 is 1.35 bits per heavy atom. The predicted octanol–water partition coefficient (Wildman–Crippen LogP) is 4.92. The zero-order chi connectivity index (χ0) is 13.7.